The molecule has 1 amide bonds. The Morgan fingerprint density at radius 3 is 2.68 bits per heavy atom. The minimum absolute atomic E-state index is 0.0774. The van der Waals surface area contributed by atoms with Gasteiger partial charge >= 0.3 is 7.12 Å². The number of carbonyl (C=O) groups excluding carboxylic acids is 1. The molecular formula is C17H16BClFNO4. The number of rotatable bonds is 3. The average Bonchev–Trinajstić information content (AvgIpc) is 2.84. The van der Waals surface area contributed by atoms with E-state index in [-0.39, 0.29) is 27.5 Å². The fraction of sp³-hybridized carbons (Fsp3) is 0.235. The van der Waals surface area contributed by atoms with E-state index in [4.69, 9.17) is 16.3 Å². The van der Waals surface area contributed by atoms with Gasteiger partial charge in [0.25, 0.3) is 5.91 Å². The Balaban J connectivity index is 2.01. The number of ether oxygens (including phenoxy) is 1. The van der Waals surface area contributed by atoms with Crippen molar-refractivity contribution in [2.45, 2.75) is 25.9 Å². The molecule has 25 heavy (non-hydrogen) atoms. The summed E-state index contributed by atoms with van der Waals surface area (Å²) in [5.74, 6) is -0.985. The van der Waals surface area contributed by atoms with Crippen molar-refractivity contribution >= 4 is 35.8 Å². The summed E-state index contributed by atoms with van der Waals surface area (Å²) >= 11 is 5.94. The van der Waals surface area contributed by atoms with Gasteiger partial charge in [-0.3, -0.25) is 4.79 Å². The van der Waals surface area contributed by atoms with Crippen molar-refractivity contribution in [2.75, 3.05) is 5.32 Å². The lowest BCUT2D eigenvalue weighted by molar-refractivity contribution is 0.101. The van der Waals surface area contributed by atoms with Crippen molar-refractivity contribution in [1.29, 1.82) is 0 Å². The van der Waals surface area contributed by atoms with Crippen molar-refractivity contribution in [3.05, 3.63) is 52.3 Å². The predicted molar refractivity (Wildman–Crippen MR) is 94.0 cm³/mol. The largest absolute Gasteiger partial charge is 0.488 e. The Kier molecular flexibility index (Phi) is 4.49. The van der Waals surface area contributed by atoms with Crippen LogP contribution in [0.1, 0.15) is 29.8 Å². The fourth-order valence-corrected chi connectivity index (χ4v) is 3.11. The van der Waals surface area contributed by atoms with Crippen molar-refractivity contribution in [1.82, 2.24) is 0 Å². The molecule has 3 rings (SSSR count). The molecule has 0 aliphatic carbocycles. The molecule has 0 bridgehead atoms. The molecule has 0 saturated heterocycles. The molecule has 0 fully saturated rings. The first-order valence-electron chi connectivity index (χ1n) is 7.66. The Labute approximate surface area is 149 Å². The minimum atomic E-state index is -1.68. The molecule has 3 N–H and O–H groups in total. The number of para-hydroxylation sites is 1. The monoisotopic (exact) mass is 363 g/mol. The Morgan fingerprint density at radius 1 is 1.32 bits per heavy atom. The standard InChI is InChI=1S/C17H16BClFNO4/c1-17(2)8-10-11(18(23)24)7-6-9(15(10)25-17)16(22)21-14-12(19)4-3-5-13(14)20/h3-7,23-24H,8H2,1-2H3,(H,21,22). The maximum Gasteiger partial charge on any atom is 0.488 e. The molecule has 130 valence electrons. The number of halogens is 2. The minimum Gasteiger partial charge on any atom is -0.486 e. The van der Waals surface area contributed by atoms with Crippen molar-refractivity contribution in [3.8, 4) is 5.75 Å². The molecule has 2 aromatic carbocycles. The smallest absolute Gasteiger partial charge is 0.486 e. The zero-order valence-corrected chi connectivity index (χ0v) is 14.4. The Morgan fingerprint density at radius 2 is 2.04 bits per heavy atom. The molecule has 0 aromatic heterocycles. The molecule has 0 atom stereocenters. The van der Waals surface area contributed by atoms with Gasteiger partial charge < -0.3 is 20.1 Å². The first-order chi connectivity index (χ1) is 11.7. The summed E-state index contributed by atoms with van der Waals surface area (Å²) < 4.78 is 19.7. The van der Waals surface area contributed by atoms with Gasteiger partial charge in [0.15, 0.2) is 0 Å². The highest BCUT2D eigenvalue weighted by molar-refractivity contribution is 6.59. The van der Waals surface area contributed by atoms with Crippen LogP contribution in [0.5, 0.6) is 5.75 Å². The molecular weight excluding hydrogens is 347 g/mol. The third-order valence-corrected chi connectivity index (χ3v) is 4.32. The van der Waals surface area contributed by atoms with E-state index in [1.807, 2.05) is 13.8 Å². The number of fused-ring (bicyclic) bond motifs is 1. The molecule has 2 aromatic rings. The second-order valence-electron chi connectivity index (χ2n) is 6.47. The highest BCUT2D eigenvalue weighted by Crippen LogP contribution is 2.37. The van der Waals surface area contributed by atoms with E-state index in [2.05, 4.69) is 5.32 Å². The normalized spacial score (nSPS) is 14.6. The van der Waals surface area contributed by atoms with E-state index >= 15 is 0 Å². The molecule has 1 heterocycles. The summed E-state index contributed by atoms with van der Waals surface area (Å²) in [5.41, 5.74) is 0.280. The van der Waals surface area contributed by atoms with Crippen LogP contribution in [0.4, 0.5) is 10.1 Å². The summed E-state index contributed by atoms with van der Waals surface area (Å²) in [6, 6.07) is 6.96. The highest BCUT2D eigenvalue weighted by Gasteiger charge is 2.37. The van der Waals surface area contributed by atoms with Crippen LogP contribution in [0.25, 0.3) is 0 Å². The third kappa shape index (κ3) is 3.35. The van der Waals surface area contributed by atoms with Crippen molar-refractivity contribution < 1.29 is 24.0 Å². The maximum absolute atomic E-state index is 13.9. The van der Waals surface area contributed by atoms with E-state index in [0.717, 1.165) is 0 Å². The fourth-order valence-electron chi connectivity index (χ4n) is 2.90. The SMILES string of the molecule is CC1(C)Cc2c(B(O)O)ccc(C(=O)Nc3c(F)cccc3Cl)c2O1. The van der Waals surface area contributed by atoms with Crippen molar-refractivity contribution in [3.63, 3.8) is 0 Å². The van der Waals surface area contributed by atoms with Crippen LogP contribution in [0.2, 0.25) is 5.02 Å². The first-order valence-corrected chi connectivity index (χ1v) is 8.04. The highest BCUT2D eigenvalue weighted by atomic mass is 35.5. The summed E-state index contributed by atoms with van der Waals surface area (Å²) in [6.45, 7) is 3.66. The van der Waals surface area contributed by atoms with Crippen LogP contribution in [-0.4, -0.2) is 28.7 Å². The van der Waals surface area contributed by atoms with Gasteiger partial charge in [-0.2, -0.15) is 0 Å². The quantitative estimate of drug-likeness (QED) is 0.730. The predicted octanol–water partition coefficient (Wildman–Crippen LogP) is 2.12. The zero-order chi connectivity index (χ0) is 18.4. The second kappa shape index (κ2) is 6.33. The Bertz CT molecular complexity index is 837. The first kappa shape index (κ1) is 17.7. The topological polar surface area (TPSA) is 78.8 Å². The number of amides is 1. The van der Waals surface area contributed by atoms with Gasteiger partial charge in [0.1, 0.15) is 17.2 Å². The summed E-state index contributed by atoms with van der Waals surface area (Å²) in [5, 5.41) is 21.6. The van der Waals surface area contributed by atoms with Crippen LogP contribution in [0.3, 0.4) is 0 Å². The number of carbonyl (C=O) groups is 1. The van der Waals surface area contributed by atoms with Gasteiger partial charge in [-0.25, -0.2) is 4.39 Å². The second-order valence-corrected chi connectivity index (χ2v) is 6.88. The molecule has 5 nitrogen and oxygen atoms in total. The average molecular weight is 364 g/mol. The van der Waals surface area contributed by atoms with E-state index < -0.39 is 24.4 Å². The molecule has 0 spiro atoms. The lowest BCUT2D eigenvalue weighted by Crippen LogP contribution is -2.34. The number of anilines is 1. The van der Waals surface area contributed by atoms with Crippen LogP contribution >= 0.6 is 11.6 Å². The van der Waals surface area contributed by atoms with Gasteiger partial charge in [0.05, 0.1) is 16.3 Å². The van der Waals surface area contributed by atoms with E-state index in [1.165, 1.54) is 30.3 Å². The summed E-state index contributed by atoms with van der Waals surface area (Å²) in [4.78, 5) is 12.6. The van der Waals surface area contributed by atoms with Gasteiger partial charge in [-0.05, 0) is 43.1 Å². The van der Waals surface area contributed by atoms with Crippen molar-refractivity contribution in [2.24, 2.45) is 0 Å². The molecule has 8 heteroatoms. The summed E-state index contributed by atoms with van der Waals surface area (Å²) in [6.07, 6.45) is 0.414. The lowest BCUT2D eigenvalue weighted by Gasteiger charge is -2.18. The maximum atomic E-state index is 13.9. The molecule has 0 saturated carbocycles. The van der Waals surface area contributed by atoms with Crippen LogP contribution in [0.15, 0.2) is 30.3 Å². The number of hydrogen-bond acceptors (Lipinski definition) is 4. The Hall–Kier alpha value is -2.09. The lowest BCUT2D eigenvalue weighted by atomic mass is 9.75. The molecule has 0 radical (unpaired) electrons. The third-order valence-electron chi connectivity index (χ3n) is 4.00. The number of benzene rings is 2. The zero-order valence-electron chi connectivity index (χ0n) is 13.6. The molecule has 1 aliphatic heterocycles. The van der Waals surface area contributed by atoms with Gasteiger partial charge in [0, 0.05) is 6.42 Å². The van der Waals surface area contributed by atoms with E-state index in [9.17, 15) is 19.2 Å². The van der Waals surface area contributed by atoms with Crippen LogP contribution in [-0.2, 0) is 6.42 Å². The molecule has 0 unspecified atom stereocenters. The van der Waals surface area contributed by atoms with Crippen LogP contribution < -0.4 is 15.5 Å². The molecule has 1 aliphatic rings. The summed E-state index contributed by atoms with van der Waals surface area (Å²) in [7, 11) is -1.68. The van der Waals surface area contributed by atoms with Gasteiger partial charge in [-0.15, -0.1) is 0 Å². The van der Waals surface area contributed by atoms with Gasteiger partial charge in [-0.1, -0.05) is 23.7 Å². The van der Waals surface area contributed by atoms with Crippen LogP contribution in [0, 0.1) is 5.82 Å². The van der Waals surface area contributed by atoms with E-state index in [0.29, 0.717) is 12.0 Å². The van der Waals surface area contributed by atoms with Gasteiger partial charge in [0.2, 0.25) is 0 Å². The number of nitrogens with one attached hydrogen (secondary N) is 1. The number of hydrogen-bond donors (Lipinski definition) is 3. The van der Waals surface area contributed by atoms with E-state index in [1.54, 1.807) is 0 Å².